The second-order valence-electron chi connectivity index (χ2n) is 10.3. The van der Waals surface area contributed by atoms with Crippen molar-refractivity contribution in [2.24, 2.45) is 5.73 Å². The fourth-order valence-electron chi connectivity index (χ4n) is 4.42. The van der Waals surface area contributed by atoms with Crippen molar-refractivity contribution in [2.45, 2.75) is 36.6 Å². The van der Waals surface area contributed by atoms with Gasteiger partial charge >= 0.3 is 6.18 Å². The summed E-state index contributed by atoms with van der Waals surface area (Å²) in [4.78, 5) is 29.3. The van der Waals surface area contributed by atoms with Crippen molar-refractivity contribution in [3.63, 3.8) is 0 Å². The number of hydrogen-bond donors (Lipinski definition) is 4. The number of primary amides is 1. The van der Waals surface area contributed by atoms with Gasteiger partial charge in [0.15, 0.2) is 11.5 Å². The zero-order valence-electron chi connectivity index (χ0n) is 23.6. The zero-order chi connectivity index (χ0) is 33.3. The molecule has 2 aromatic carbocycles. The Bertz CT molecular complexity index is 1590. The first-order valence-corrected chi connectivity index (χ1v) is 13.1. The molecule has 2 amide bonds. The number of amides is 2. The number of benzene rings is 2. The maximum absolute atomic E-state index is 14.6. The van der Waals surface area contributed by atoms with Gasteiger partial charge in [0, 0.05) is 16.7 Å². The van der Waals surface area contributed by atoms with Gasteiger partial charge < -0.3 is 35.5 Å². The van der Waals surface area contributed by atoms with Crippen molar-refractivity contribution in [1.29, 1.82) is 0 Å². The Morgan fingerprint density at radius 2 is 1.80 bits per heavy atom. The first-order chi connectivity index (χ1) is 21.0. The number of fused-ring (bicyclic) bond motifs is 1. The second-order valence-corrected chi connectivity index (χ2v) is 10.3. The normalized spacial score (nSPS) is 18.0. The van der Waals surface area contributed by atoms with E-state index < -0.39 is 66.2 Å². The number of aromatic nitrogens is 1. The Hall–Kier alpha value is -4.57. The Kier molecular flexibility index (Phi) is 9.21. The summed E-state index contributed by atoms with van der Waals surface area (Å²) in [6.07, 6.45) is -10.6. The largest absolute Gasteiger partial charge is 0.493 e. The van der Waals surface area contributed by atoms with Gasteiger partial charge in [-0.1, -0.05) is 0 Å². The molecule has 0 aliphatic carbocycles. The minimum absolute atomic E-state index is 0.0873. The third-order valence-electron chi connectivity index (χ3n) is 7.26. The molecule has 0 radical (unpaired) electrons. The van der Waals surface area contributed by atoms with Crippen LogP contribution >= 0.6 is 0 Å². The maximum atomic E-state index is 14.6. The van der Waals surface area contributed by atoms with Crippen LogP contribution in [-0.2, 0) is 15.8 Å². The number of carbonyl (C=O) groups excluding carboxylic acids is 2. The Labute approximate surface area is 251 Å². The monoisotopic (exact) mass is 643 g/mol. The van der Waals surface area contributed by atoms with Crippen molar-refractivity contribution in [2.75, 3.05) is 26.9 Å². The van der Waals surface area contributed by atoms with E-state index in [-0.39, 0.29) is 46.2 Å². The second kappa shape index (κ2) is 12.4. The molecule has 0 saturated carbocycles. The van der Waals surface area contributed by atoms with Gasteiger partial charge in [0.25, 0.3) is 12.3 Å². The lowest BCUT2D eigenvalue weighted by Crippen LogP contribution is -2.51. The van der Waals surface area contributed by atoms with Gasteiger partial charge in [-0.2, -0.15) is 13.2 Å². The SMILES string of the molecule is COc1cc(C(=O)NC[C@](O)(c2cc3c(c(-c4ccc(F)cc4)n2)OC[C@]3(C)C(N)=O)C(F)(F)F)ccc1OC[C@H](O)C(F)F. The number of pyridine rings is 1. The third-order valence-corrected chi connectivity index (χ3v) is 7.26. The van der Waals surface area contributed by atoms with Crippen molar-refractivity contribution >= 4 is 11.8 Å². The van der Waals surface area contributed by atoms with Crippen LogP contribution in [0.5, 0.6) is 17.2 Å². The van der Waals surface area contributed by atoms with Gasteiger partial charge in [-0.05, 0) is 55.5 Å². The Balaban J connectivity index is 1.70. The van der Waals surface area contributed by atoms with E-state index in [9.17, 15) is 46.1 Å². The highest BCUT2D eigenvalue weighted by molar-refractivity contribution is 5.95. The maximum Gasteiger partial charge on any atom is 0.424 e. The summed E-state index contributed by atoms with van der Waals surface area (Å²) in [7, 11) is 1.15. The number of alkyl halides is 5. The highest BCUT2D eigenvalue weighted by Gasteiger charge is 2.57. The van der Waals surface area contributed by atoms with Crippen LogP contribution in [0.3, 0.4) is 0 Å². The molecule has 0 fully saturated rings. The first-order valence-electron chi connectivity index (χ1n) is 13.1. The highest BCUT2D eigenvalue weighted by atomic mass is 19.4. The van der Waals surface area contributed by atoms with E-state index in [1.807, 2.05) is 5.32 Å². The van der Waals surface area contributed by atoms with Gasteiger partial charge in [-0.3, -0.25) is 9.59 Å². The molecule has 45 heavy (non-hydrogen) atoms. The summed E-state index contributed by atoms with van der Waals surface area (Å²) in [5, 5.41) is 22.4. The molecule has 4 rings (SSSR count). The third kappa shape index (κ3) is 6.47. The summed E-state index contributed by atoms with van der Waals surface area (Å²) in [6.45, 7) is -1.28. The van der Waals surface area contributed by atoms with E-state index in [2.05, 4.69) is 4.98 Å². The van der Waals surface area contributed by atoms with E-state index in [1.54, 1.807) is 0 Å². The van der Waals surface area contributed by atoms with Crippen LogP contribution < -0.4 is 25.3 Å². The number of aliphatic hydroxyl groups is 2. The van der Waals surface area contributed by atoms with Gasteiger partial charge in [-0.15, -0.1) is 0 Å². The van der Waals surface area contributed by atoms with Crippen LogP contribution in [-0.4, -0.2) is 72.6 Å². The summed E-state index contributed by atoms with van der Waals surface area (Å²) in [5.41, 5.74) is -1.41. The quantitative estimate of drug-likeness (QED) is 0.233. The molecular weight excluding hydrogens is 616 g/mol. The lowest BCUT2D eigenvalue weighted by atomic mass is 9.81. The standard InChI is InChI=1S/C29H27F6N3O7/c1-27(26(36)41)13-45-23-17(27)10-21(38-22(23)14-3-6-16(30)7-4-14)28(42,29(33,34)35)12-37-25(40)15-5-8-19(20(9-15)43-2)44-11-18(39)24(31)32/h3-10,18,24,39,42H,11-13H2,1-2H3,(H2,36,41)(H,37,40)/t18-,27-,28-/m0/s1. The molecule has 1 aliphatic rings. The average molecular weight is 644 g/mol. The molecule has 0 bridgehead atoms. The lowest BCUT2D eigenvalue weighted by Gasteiger charge is -2.31. The van der Waals surface area contributed by atoms with E-state index in [0.717, 1.165) is 43.5 Å². The predicted molar refractivity (Wildman–Crippen MR) is 144 cm³/mol. The molecule has 3 aromatic rings. The molecule has 242 valence electrons. The van der Waals surface area contributed by atoms with E-state index in [0.29, 0.717) is 0 Å². The Morgan fingerprint density at radius 1 is 1.13 bits per heavy atom. The summed E-state index contributed by atoms with van der Waals surface area (Å²) < 4.78 is 98.3. The molecule has 0 saturated heterocycles. The van der Waals surface area contributed by atoms with Crippen LogP contribution in [0.15, 0.2) is 48.5 Å². The van der Waals surface area contributed by atoms with Crippen molar-refractivity contribution in [3.05, 3.63) is 71.2 Å². The number of carbonyl (C=O) groups is 2. The molecule has 10 nitrogen and oxygen atoms in total. The number of ether oxygens (including phenoxy) is 3. The summed E-state index contributed by atoms with van der Waals surface area (Å²) in [6, 6.07) is 8.56. The van der Waals surface area contributed by atoms with Gasteiger partial charge in [0.1, 0.15) is 42.0 Å². The molecule has 0 unspecified atom stereocenters. The molecule has 0 spiro atoms. The van der Waals surface area contributed by atoms with Gasteiger partial charge in [-0.25, -0.2) is 18.2 Å². The first kappa shape index (κ1) is 33.3. The van der Waals surface area contributed by atoms with Crippen LogP contribution in [0.4, 0.5) is 26.3 Å². The number of nitrogens with one attached hydrogen (secondary N) is 1. The molecule has 2 heterocycles. The van der Waals surface area contributed by atoms with Gasteiger partial charge in [0.2, 0.25) is 11.5 Å². The fraction of sp³-hybridized carbons (Fsp3) is 0.345. The summed E-state index contributed by atoms with van der Waals surface area (Å²) in [5.74, 6) is -3.08. The lowest BCUT2D eigenvalue weighted by molar-refractivity contribution is -0.265. The number of hydrogen-bond acceptors (Lipinski definition) is 8. The van der Waals surface area contributed by atoms with Crippen LogP contribution in [0, 0.1) is 5.82 Å². The van der Waals surface area contributed by atoms with Crippen LogP contribution in [0.2, 0.25) is 0 Å². The van der Waals surface area contributed by atoms with Crippen LogP contribution in [0.1, 0.15) is 28.5 Å². The van der Waals surface area contributed by atoms with Crippen molar-refractivity contribution in [1.82, 2.24) is 10.3 Å². The number of halogens is 6. The van der Waals surface area contributed by atoms with Crippen LogP contribution in [0.25, 0.3) is 11.3 Å². The van der Waals surface area contributed by atoms with Gasteiger partial charge in [0.05, 0.1) is 19.3 Å². The Morgan fingerprint density at radius 3 is 2.38 bits per heavy atom. The smallest absolute Gasteiger partial charge is 0.424 e. The van der Waals surface area contributed by atoms with E-state index in [4.69, 9.17) is 19.9 Å². The van der Waals surface area contributed by atoms with Crippen molar-refractivity contribution < 1.29 is 60.4 Å². The zero-order valence-corrected chi connectivity index (χ0v) is 23.6. The number of nitrogens with two attached hydrogens (primary N) is 1. The molecule has 16 heteroatoms. The predicted octanol–water partition coefficient (Wildman–Crippen LogP) is 3.22. The number of aliphatic hydroxyl groups excluding tert-OH is 1. The van der Waals surface area contributed by atoms with E-state index >= 15 is 0 Å². The number of nitrogens with zero attached hydrogens (tertiary/aromatic N) is 1. The fourth-order valence-corrected chi connectivity index (χ4v) is 4.42. The molecule has 1 aliphatic heterocycles. The van der Waals surface area contributed by atoms with Crippen molar-refractivity contribution in [3.8, 4) is 28.5 Å². The molecular formula is C29H27F6N3O7. The topological polar surface area (TPSA) is 153 Å². The van der Waals surface area contributed by atoms with E-state index in [1.165, 1.54) is 19.1 Å². The number of rotatable bonds is 11. The minimum Gasteiger partial charge on any atom is -0.493 e. The molecule has 3 atom stereocenters. The molecule has 5 N–H and O–H groups in total. The highest BCUT2D eigenvalue weighted by Crippen LogP contribution is 2.47. The summed E-state index contributed by atoms with van der Waals surface area (Å²) >= 11 is 0. The number of methoxy groups -OCH3 is 1. The average Bonchev–Trinajstić information content (AvgIpc) is 3.35. The molecule has 1 aromatic heterocycles. The minimum atomic E-state index is -5.44.